The topological polar surface area (TPSA) is 36.0 Å². The minimum Gasteiger partial charge on any atom is -0.497 e. The smallest absolute Gasteiger partial charge is 0.226 e. The third kappa shape index (κ3) is 5.13. The number of ether oxygens (including phenoxy) is 1. The molecule has 5 heteroatoms. The number of piperazine rings is 1. The Labute approximate surface area is 175 Å². The van der Waals surface area contributed by atoms with Crippen LogP contribution in [0.1, 0.15) is 44.9 Å². The highest BCUT2D eigenvalue weighted by atomic mass is 16.5. The highest BCUT2D eigenvalue weighted by molar-refractivity contribution is 5.79. The fourth-order valence-electron chi connectivity index (χ4n) is 4.99. The normalized spacial score (nSPS) is 23.6. The SMILES string of the molecule is COc1ccc(N2CCN([C@@H]3CCCN(C(=O)CC4=CCCCC4)C3)CC2)cc1. The van der Waals surface area contributed by atoms with Crippen LogP contribution in [-0.4, -0.2) is 68.1 Å². The summed E-state index contributed by atoms with van der Waals surface area (Å²) in [6.07, 6.45) is 10.1. The number of methoxy groups -OCH3 is 1. The van der Waals surface area contributed by atoms with Gasteiger partial charge in [-0.3, -0.25) is 9.69 Å². The first-order valence-corrected chi connectivity index (χ1v) is 11.3. The lowest BCUT2D eigenvalue weighted by Gasteiger charge is -2.44. The van der Waals surface area contributed by atoms with Crippen LogP contribution in [0.4, 0.5) is 5.69 Å². The van der Waals surface area contributed by atoms with Gasteiger partial charge in [-0.05, 0) is 62.8 Å². The van der Waals surface area contributed by atoms with Gasteiger partial charge in [0.2, 0.25) is 5.91 Å². The molecule has 1 atom stereocenters. The summed E-state index contributed by atoms with van der Waals surface area (Å²) in [7, 11) is 1.71. The predicted molar refractivity (Wildman–Crippen MR) is 118 cm³/mol. The number of allylic oxidation sites excluding steroid dienone is 1. The monoisotopic (exact) mass is 397 g/mol. The standard InChI is InChI=1S/C24H35N3O2/c1-29-23-11-9-21(10-12-23)25-14-16-26(17-15-25)22-8-5-13-27(19-22)24(28)18-20-6-3-2-4-7-20/h6,9-12,22H,2-5,7-8,13-19H2,1H3/t22-/m1/s1. The van der Waals surface area contributed by atoms with Crippen LogP contribution >= 0.6 is 0 Å². The van der Waals surface area contributed by atoms with Crippen molar-refractivity contribution in [3.63, 3.8) is 0 Å². The molecule has 29 heavy (non-hydrogen) atoms. The van der Waals surface area contributed by atoms with Gasteiger partial charge in [0.05, 0.1) is 7.11 Å². The summed E-state index contributed by atoms with van der Waals surface area (Å²) in [4.78, 5) is 20.0. The van der Waals surface area contributed by atoms with E-state index < -0.39 is 0 Å². The number of piperidine rings is 1. The number of likely N-dealkylation sites (tertiary alicyclic amines) is 1. The Balaban J connectivity index is 1.27. The van der Waals surface area contributed by atoms with E-state index in [2.05, 4.69) is 32.9 Å². The number of carbonyl (C=O) groups is 1. The molecule has 2 heterocycles. The molecule has 2 aliphatic heterocycles. The van der Waals surface area contributed by atoms with Gasteiger partial charge in [0.1, 0.15) is 5.75 Å². The van der Waals surface area contributed by atoms with Crippen molar-refractivity contribution in [3.05, 3.63) is 35.9 Å². The number of rotatable bonds is 5. The zero-order valence-corrected chi connectivity index (χ0v) is 17.8. The predicted octanol–water partition coefficient (Wildman–Crippen LogP) is 3.70. The molecule has 5 nitrogen and oxygen atoms in total. The molecule has 3 aliphatic rings. The molecule has 0 N–H and O–H groups in total. The Morgan fingerprint density at radius 1 is 1.03 bits per heavy atom. The van der Waals surface area contributed by atoms with Crippen molar-refractivity contribution in [2.45, 2.75) is 51.0 Å². The Morgan fingerprint density at radius 3 is 2.52 bits per heavy atom. The molecule has 1 amide bonds. The average Bonchev–Trinajstić information content (AvgIpc) is 2.80. The van der Waals surface area contributed by atoms with Gasteiger partial charge >= 0.3 is 0 Å². The van der Waals surface area contributed by atoms with Crippen LogP contribution in [0.5, 0.6) is 5.75 Å². The maximum Gasteiger partial charge on any atom is 0.226 e. The zero-order valence-electron chi connectivity index (χ0n) is 17.8. The second kappa shape index (κ2) is 9.66. The highest BCUT2D eigenvalue weighted by Gasteiger charge is 2.30. The highest BCUT2D eigenvalue weighted by Crippen LogP contribution is 2.25. The Kier molecular flexibility index (Phi) is 6.75. The molecule has 0 aromatic heterocycles. The molecule has 0 radical (unpaired) electrons. The number of amides is 1. The van der Waals surface area contributed by atoms with Crippen molar-refractivity contribution in [3.8, 4) is 5.75 Å². The van der Waals surface area contributed by atoms with Gasteiger partial charge in [0, 0.05) is 57.4 Å². The fraction of sp³-hybridized carbons (Fsp3) is 0.625. The molecule has 0 saturated carbocycles. The first kappa shape index (κ1) is 20.3. The first-order valence-electron chi connectivity index (χ1n) is 11.3. The number of anilines is 1. The van der Waals surface area contributed by atoms with E-state index >= 15 is 0 Å². The lowest BCUT2D eigenvalue weighted by molar-refractivity contribution is -0.132. The minimum atomic E-state index is 0.347. The lowest BCUT2D eigenvalue weighted by atomic mass is 9.96. The third-order valence-corrected chi connectivity index (χ3v) is 6.78. The number of nitrogens with zero attached hydrogens (tertiary/aromatic N) is 3. The van der Waals surface area contributed by atoms with Crippen molar-refractivity contribution in [1.82, 2.24) is 9.80 Å². The van der Waals surface area contributed by atoms with E-state index in [-0.39, 0.29) is 0 Å². The van der Waals surface area contributed by atoms with Crippen LogP contribution in [-0.2, 0) is 4.79 Å². The fourth-order valence-corrected chi connectivity index (χ4v) is 4.99. The van der Waals surface area contributed by atoms with E-state index in [0.29, 0.717) is 18.4 Å². The second-order valence-corrected chi connectivity index (χ2v) is 8.64. The Morgan fingerprint density at radius 2 is 1.83 bits per heavy atom. The Hall–Kier alpha value is -2.01. The molecule has 2 saturated heterocycles. The van der Waals surface area contributed by atoms with E-state index in [4.69, 9.17) is 4.74 Å². The quantitative estimate of drug-likeness (QED) is 0.710. The summed E-state index contributed by atoms with van der Waals surface area (Å²) in [5, 5.41) is 0. The van der Waals surface area contributed by atoms with E-state index in [1.165, 1.54) is 30.5 Å². The molecule has 1 aliphatic carbocycles. The molecule has 158 valence electrons. The van der Waals surface area contributed by atoms with Crippen molar-refractivity contribution in [2.24, 2.45) is 0 Å². The molecular weight excluding hydrogens is 362 g/mol. The van der Waals surface area contributed by atoms with Crippen molar-refractivity contribution < 1.29 is 9.53 Å². The van der Waals surface area contributed by atoms with Crippen LogP contribution < -0.4 is 9.64 Å². The Bertz CT molecular complexity index is 707. The van der Waals surface area contributed by atoms with Crippen molar-refractivity contribution in [1.29, 1.82) is 0 Å². The molecule has 1 aromatic carbocycles. The maximum absolute atomic E-state index is 12.8. The van der Waals surface area contributed by atoms with Crippen molar-refractivity contribution >= 4 is 11.6 Å². The summed E-state index contributed by atoms with van der Waals surface area (Å²) in [5.41, 5.74) is 2.64. The van der Waals surface area contributed by atoms with E-state index in [1.807, 2.05) is 12.1 Å². The van der Waals surface area contributed by atoms with Gasteiger partial charge < -0.3 is 14.5 Å². The minimum absolute atomic E-state index is 0.347. The molecule has 0 bridgehead atoms. The van der Waals surface area contributed by atoms with Gasteiger partial charge in [0.25, 0.3) is 0 Å². The summed E-state index contributed by atoms with van der Waals surface area (Å²) < 4.78 is 5.27. The molecule has 0 unspecified atom stereocenters. The summed E-state index contributed by atoms with van der Waals surface area (Å²) in [6.45, 7) is 6.09. The van der Waals surface area contributed by atoms with E-state index in [0.717, 1.165) is 64.3 Å². The van der Waals surface area contributed by atoms with Crippen LogP contribution in [0.2, 0.25) is 0 Å². The third-order valence-electron chi connectivity index (χ3n) is 6.78. The lowest BCUT2D eigenvalue weighted by Crippen LogP contribution is -2.55. The number of hydrogen-bond donors (Lipinski definition) is 0. The van der Waals surface area contributed by atoms with Gasteiger partial charge in [-0.1, -0.05) is 11.6 Å². The number of carbonyl (C=O) groups excluding carboxylic acids is 1. The summed E-state index contributed by atoms with van der Waals surface area (Å²) >= 11 is 0. The van der Waals surface area contributed by atoms with Gasteiger partial charge in [-0.25, -0.2) is 0 Å². The van der Waals surface area contributed by atoms with Gasteiger partial charge in [-0.15, -0.1) is 0 Å². The maximum atomic E-state index is 12.8. The first-order chi connectivity index (χ1) is 14.2. The van der Waals surface area contributed by atoms with Gasteiger partial charge in [0.15, 0.2) is 0 Å². The average molecular weight is 398 g/mol. The van der Waals surface area contributed by atoms with Crippen LogP contribution in [0.25, 0.3) is 0 Å². The van der Waals surface area contributed by atoms with Crippen LogP contribution in [0.15, 0.2) is 35.9 Å². The van der Waals surface area contributed by atoms with Gasteiger partial charge in [-0.2, -0.15) is 0 Å². The van der Waals surface area contributed by atoms with Crippen LogP contribution in [0, 0.1) is 0 Å². The molecular formula is C24H35N3O2. The summed E-state index contributed by atoms with van der Waals surface area (Å²) in [6, 6.07) is 8.89. The number of benzene rings is 1. The van der Waals surface area contributed by atoms with E-state index in [1.54, 1.807) is 7.11 Å². The number of hydrogen-bond acceptors (Lipinski definition) is 4. The van der Waals surface area contributed by atoms with E-state index in [9.17, 15) is 4.79 Å². The second-order valence-electron chi connectivity index (χ2n) is 8.64. The summed E-state index contributed by atoms with van der Waals surface area (Å²) in [5.74, 6) is 1.25. The molecule has 0 spiro atoms. The molecule has 1 aromatic rings. The molecule has 2 fully saturated rings. The largest absolute Gasteiger partial charge is 0.497 e. The molecule has 4 rings (SSSR count). The van der Waals surface area contributed by atoms with Crippen LogP contribution in [0.3, 0.4) is 0 Å². The zero-order chi connectivity index (χ0) is 20.1. The van der Waals surface area contributed by atoms with Crippen molar-refractivity contribution in [2.75, 3.05) is 51.3 Å².